The molecule has 1 rings (SSSR count). The topological polar surface area (TPSA) is 32.3 Å². The summed E-state index contributed by atoms with van der Waals surface area (Å²) in [6.45, 7) is 4.18. The Labute approximate surface area is 79.6 Å². The molecule has 1 atom stereocenters. The monoisotopic (exact) mass is 179 g/mol. The molecule has 2 heteroatoms. The van der Waals surface area contributed by atoms with Crippen molar-refractivity contribution in [3.05, 3.63) is 35.4 Å². The van der Waals surface area contributed by atoms with Crippen LogP contribution in [-0.2, 0) is 6.42 Å². The minimum absolute atomic E-state index is 0.0610. The highest BCUT2D eigenvalue weighted by atomic mass is 16.5. The van der Waals surface area contributed by atoms with Crippen LogP contribution in [0.5, 0.6) is 0 Å². The summed E-state index contributed by atoms with van der Waals surface area (Å²) in [4.78, 5) is 0. The second kappa shape index (κ2) is 5.00. The third-order valence-corrected chi connectivity index (χ3v) is 2.35. The van der Waals surface area contributed by atoms with E-state index in [9.17, 15) is 0 Å². The standard InChI is InChI=1S/C11H17NO/c1-3-9-5-7-10(8-6-9)11(4-2)12-13/h5-8,11-13H,3-4H2,1-2H3. The molecular weight excluding hydrogens is 162 g/mol. The van der Waals surface area contributed by atoms with Gasteiger partial charge in [0.25, 0.3) is 0 Å². The summed E-state index contributed by atoms with van der Waals surface area (Å²) < 4.78 is 0. The highest BCUT2D eigenvalue weighted by Crippen LogP contribution is 2.16. The van der Waals surface area contributed by atoms with E-state index in [1.807, 2.05) is 6.92 Å². The number of hydrogen-bond acceptors (Lipinski definition) is 2. The Morgan fingerprint density at radius 1 is 1.23 bits per heavy atom. The van der Waals surface area contributed by atoms with Crippen molar-refractivity contribution in [3.8, 4) is 0 Å². The third-order valence-electron chi connectivity index (χ3n) is 2.35. The van der Waals surface area contributed by atoms with E-state index in [2.05, 4.69) is 36.7 Å². The van der Waals surface area contributed by atoms with Gasteiger partial charge in [0.2, 0.25) is 0 Å². The number of hydroxylamine groups is 1. The molecule has 1 aromatic carbocycles. The molecule has 0 aromatic heterocycles. The van der Waals surface area contributed by atoms with Gasteiger partial charge in [-0.3, -0.25) is 0 Å². The van der Waals surface area contributed by atoms with E-state index in [0.29, 0.717) is 0 Å². The Balaban J connectivity index is 2.78. The zero-order chi connectivity index (χ0) is 9.68. The molecule has 0 saturated heterocycles. The molecule has 1 unspecified atom stereocenters. The van der Waals surface area contributed by atoms with Gasteiger partial charge in [-0.2, -0.15) is 5.48 Å². The average molecular weight is 179 g/mol. The van der Waals surface area contributed by atoms with Crippen LogP contribution in [0.4, 0.5) is 0 Å². The maximum Gasteiger partial charge on any atom is 0.0566 e. The highest BCUT2D eigenvalue weighted by molar-refractivity contribution is 5.24. The molecular formula is C11H17NO. The summed E-state index contributed by atoms with van der Waals surface area (Å²) in [5, 5.41) is 8.86. The van der Waals surface area contributed by atoms with Gasteiger partial charge in [0.15, 0.2) is 0 Å². The second-order valence-electron chi connectivity index (χ2n) is 3.19. The highest BCUT2D eigenvalue weighted by Gasteiger charge is 2.05. The average Bonchev–Trinajstić information content (AvgIpc) is 2.21. The summed E-state index contributed by atoms with van der Waals surface area (Å²) >= 11 is 0. The Kier molecular flexibility index (Phi) is 3.93. The van der Waals surface area contributed by atoms with E-state index in [0.717, 1.165) is 18.4 Å². The van der Waals surface area contributed by atoms with Crippen LogP contribution in [0.25, 0.3) is 0 Å². The van der Waals surface area contributed by atoms with Crippen LogP contribution in [0.2, 0.25) is 0 Å². The van der Waals surface area contributed by atoms with Crippen molar-refractivity contribution in [1.29, 1.82) is 0 Å². The predicted octanol–water partition coefficient (Wildman–Crippen LogP) is 2.68. The van der Waals surface area contributed by atoms with Crippen molar-refractivity contribution in [1.82, 2.24) is 5.48 Å². The first-order valence-electron chi connectivity index (χ1n) is 4.80. The number of rotatable bonds is 4. The van der Waals surface area contributed by atoms with Crippen molar-refractivity contribution in [2.45, 2.75) is 32.7 Å². The van der Waals surface area contributed by atoms with Crippen molar-refractivity contribution in [3.63, 3.8) is 0 Å². The van der Waals surface area contributed by atoms with Crippen LogP contribution in [-0.4, -0.2) is 5.21 Å². The molecule has 0 heterocycles. The lowest BCUT2D eigenvalue weighted by atomic mass is 10.0. The fraction of sp³-hybridized carbons (Fsp3) is 0.455. The molecule has 0 aliphatic rings. The van der Waals surface area contributed by atoms with Gasteiger partial charge >= 0.3 is 0 Å². The molecule has 0 bridgehead atoms. The van der Waals surface area contributed by atoms with Crippen molar-refractivity contribution < 1.29 is 5.21 Å². The number of nitrogens with one attached hydrogen (secondary N) is 1. The predicted molar refractivity (Wildman–Crippen MR) is 53.8 cm³/mol. The van der Waals surface area contributed by atoms with Crippen LogP contribution >= 0.6 is 0 Å². The van der Waals surface area contributed by atoms with E-state index < -0.39 is 0 Å². The molecule has 0 fully saturated rings. The van der Waals surface area contributed by atoms with E-state index in [4.69, 9.17) is 5.21 Å². The second-order valence-corrected chi connectivity index (χ2v) is 3.19. The van der Waals surface area contributed by atoms with Gasteiger partial charge in [0, 0.05) is 0 Å². The summed E-state index contributed by atoms with van der Waals surface area (Å²) in [5.74, 6) is 0. The zero-order valence-corrected chi connectivity index (χ0v) is 8.25. The molecule has 2 nitrogen and oxygen atoms in total. The summed E-state index contributed by atoms with van der Waals surface area (Å²) in [6.07, 6.45) is 1.95. The van der Waals surface area contributed by atoms with Gasteiger partial charge in [-0.1, -0.05) is 38.1 Å². The largest absolute Gasteiger partial charge is 0.316 e. The first-order chi connectivity index (χ1) is 6.31. The first-order valence-corrected chi connectivity index (χ1v) is 4.80. The maximum atomic E-state index is 8.86. The van der Waals surface area contributed by atoms with Gasteiger partial charge in [0.1, 0.15) is 0 Å². The molecule has 0 saturated carbocycles. The van der Waals surface area contributed by atoms with Crippen LogP contribution in [0.1, 0.15) is 37.4 Å². The van der Waals surface area contributed by atoms with E-state index in [1.54, 1.807) is 0 Å². The molecule has 0 spiro atoms. The fourth-order valence-corrected chi connectivity index (χ4v) is 1.39. The molecule has 0 aliphatic carbocycles. The molecule has 0 aliphatic heterocycles. The Bertz CT molecular complexity index is 239. The third kappa shape index (κ3) is 2.54. The van der Waals surface area contributed by atoms with Crippen LogP contribution < -0.4 is 5.48 Å². The van der Waals surface area contributed by atoms with Crippen molar-refractivity contribution in [2.75, 3.05) is 0 Å². The van der Waals surface area contributed by atoms with E-state index >= 15 is 0 Å². The summed E-state index contributed by atoms with van der Waals surface area (Å²) in [7, 11) is 0. The summed E-state index contributed by atoms with van der Waals surface area (Å²) in [6, 6.07) is 8.41. The maximum absolute atomic E-state index is 8.86. The molecule has 13 heavy (non-hydrogen) atoms. The normalized spacial score (nSPS) is 12.8. The van der Waals surface area contributed by atoms with Crippen LogP contribution in [0.3, 0.4) is 0 Å². The first kappa shape index (κ1) is 10.2. The molecule has 0 amide bonds. The van der Waals surface area contributed by atoms with Gasteiger partial charge in [-0.25, -0.2) is 0 Å². The summed E-state index contributed by atoms with van der Waals surface area (Å²) in [5.41, 5.74) is 4.78. The molecule has 2 N–H and O–H groups in total. The smallest absolute Gasteiger partial charge is 0.0566 e. The Hall–Kier alpha value is -0.860. The molecule has 1 aromatic rings. The van der Waals surface area contributed by atoms with Crippen molar-refractivity contribution in [2.24, 2.45) is 0 Å². The van der Waals surface area contributed by atoms with E-state index in [1.165, 1.54) is 5.56 Å². The zero-order valence-electron chi connectivity index (χ0n) is 8.25. The van der Waals surface area contributed by atoms with Gasteiger partial charge in [-0.05, 0) is 24.0 Å². The van der Waals surface area contributed by atoms with Crippen molar-refractivity contribution >= 4 is 0 Å². The van der Waals surface area contributed by atoms with Gasteiger partial charge < -0.3 is 5.21 Å². The molecule has 72 valence electrons. The number of hydrogen-bond donors (Lipinski definition) is 2. The Morgan fingerprint density at radius 3 is 2.23 bits per heavy atom. The lowest BCUT2D eigenvalue weighted by Crippen LogP contribution is -2.15. The van der Waals surface area contributed by atoms with E-state index in [-0.39, 0.29) is 6.04 Å². The van der Waals surface area contributed by atoms with Crippen LogP contribution in [0, 0.1) is 0 Å². The SMILES string of the molecule is CCc1ccc(C(CC)NO)cc1. The minimum atomic E-state index is 0.0610. The number of benzene rings is 1. The number of aryl methyl sites for hydroxylation is 1. The fourth-order valence-electron chi connectivity index (χ4n) is 1.39. The van der Waals surface area contributed by atoms with Gasteiger partial charge in [0.05, 0.1) is 6.04 Å². The minimum Gasteiger partial charge on any atom is -0.316 e. The lowest BCUT2D eigenvalue weighted by Gasteiger charge is -2.12. The lowest BCUT2D eigenvalue weighted by molar-refractivity contribution is 0.124. The quantitative estimate of drug-likeness (QED) is 0.696. The van der Waals surface area contributed by atoms with Crippen LogP contribution in [0.15, 0.2) is 24.3 Å². The Morgan fingerprint density at radius 2 is 1.85 bits per heavy atom. The molecule has 0 radical (unpaired) electrons. The van der Waals surface area contributed by atoms with Gasteiger partial charge in [-0.15, -0.1) is 0 Å².